The van der Waals surface area contributed by atoms with Crippen molar-refractivity contribution in [3.8, 4) is 5.75 Å². The minimum atomic E-state index is -0.403. The summed E-state index contributed by atoms with van der Waals surface area (Å²) in [7, 11) is 4.23. The molecule has 2 rings (SSSR count). The van der Waals surface area contributed by atoms with Gasteiger partial charge in [-0.05, 0) is 83.4 Å². The van der Waals surface area contributed by atoms with E-state index < -0.39 is 6.09 Å². The molecule has 0 spiro atoms. The normalized spacial score (nSPS) is 19.9. The first-order chi connectivity index (χ1) is 13.0. The monoisotopic (exact) mass is 396 g/mol. The highest BCUT2D eigenvalue weighted by Crippen LogP contribution is 2.22. The van der Waals surface area contributed by atoms with E-state index in [1.807, 2.05) is 0 Å². The third-order valence-corrected chi connectivity index (χ3v) is 5.13. The zero-order valence-electron chi connectivity index (χ0n) is 16.6. The van der Waals surface area contributed by atoms with Crippen molar-refractivity contribution in [3.05, 3.63) is 29.3 Å². The van der Waals surface area contributed by atoms with E-state index in [1.165, 1.54) is 25.8 Å². The molecular weight excluding hydrogens is 364 g/mol. The number of unbranched alkanes of at least 4 members (excludes halogenated alkanes) is 3. The number of ether oxygens (including phenoxy) is 2. The number of rotatable bonds is 10. The number of nitrogens with zero attached hydrogens (tertiary/aromatic N) is 1. The minimum Gasteiger partial charge on any atom is -0.410 e. The molecule has 1 saturated carbocycles. The Labute approximate surface area is 168 Å². The molecule has 1 amide bonds. The van der Waals surface area contributed by atoms with Crippen LogP contribution in [0.15, 0.2) is 24.3 Å². The van der Waals surface area contributed by atoms with Crippen molar-refractivity contribution in [2.24, 2.45) is 0 Å². The fraction of sp³-hybridized carbons (Fsp3) is 0.667. The Balaban J connectivity index is 1.52. The lowest BCUT2D eigenvalue weighted by Crippen LogP contribution is -2.40. The summed E-state index contributed by atoms with van der Waals surface area (Å²) in [6, 6.07) is 6.94. The molecule has 0 atom stereocenters. The number of carbonyl (C=O) groups is 1. The third kappa shape index (κ3) is 9.45. The van der Waals surface area contributed by atoms with Crippen LogP contribution in [-0.2, 0) is 4.74 Å². The maximum absolute atomic E-state index is 12.0. The molecule has 1 aromatic rings. The molecule has 0 unspecified atom stereocenters. The summed E-state index contributed by atoms with van der Waals surface area (Å²) >= 11 is 5.83. The van der Waals surface area contributed by atoms with Gasteiger partial charge in [-0.3, -0.25) is 0 Å². The second kappa shape index (κ2) is 12.2. The number of halogens is 1. The number of nitrogens with one attached hydrogen (secondary N) is 1. The SMILES string of the molecule is CN(C)CCCCCCOC1CCC(NC(=O)Oc2ccc(Cl)cc2)CC1. The second-order valence-electron chi connectivity index (χ2n) is 7.55. The van der Waals surface area contributed by atoms with E-state index in [0.29, 0.717) is 16.9 Å². The lowest BCUT2D eigenvalue weighted by atomic mass is 9.93. The molecule has 0 radical (unpaired) electrons. The van der Waals surface area contributed by atoms with Crippen molar-refractivity contribution in [2.75, 3.05) is 27.2 Å². The van der Waals surface area contributed by atoms with Crippen LogP contribution in [0.1, 0.15) is 51.4 Å². The van der Waals surface area contributed by atoms with Gasteiger partial charge in [-0.15, -0.1) is 0 Å². The second-order valence-corrected chi connectivity index (χ2v) is 7.99. The lowest BCUT2D eigenvalue weighted by Gasteiger charge is -2.28. The van der Waals surface area contributed by atoms with Crippen LogP contribution in [0.25, 0.3) is 0 Å². The Bertz CT molecular complexity index is 543. The summed E-state index contributed by atoms with van der Waals surface area (Å²) in [5, 5.41) is 3.57. The fourth-order valence-corrected chi connectivity index (χ4v) is 3.44. The molecule has 0 aromatic heterocycles. The molecule has 0 heterocycles. The van der Waals surface area contributed by atoms with Gasteiger partial charge in [0.2, 0.25) is 0 Å². The van der Waals surface area contributed by atoms with Crippen LogP contribution < -0.4 is 10.1 Å². The third-order valence-electron chi connectivity index (χ3n) is 4.87. The van der Waals surface area contributed by atoms with Gasteiger partial charge in [0.05, 0.1) is 6.10 Å². The lowest BCUT2D eigenvalue weighted by molar-refractivity contribution is 0.0207. The van der Waals surface area contributed by atoms with Crippen molar-refractivity contribution >= 4 is 17.7 Å². The van der Waals surface area contributed by atoms with Crippen molar-refractivity contribution in [1.29, 1.82) is 0 Å². The first kappa shape index (κ1) is 22.0. The Kier molecular flexibility index (Phi) is 9.95. The predicted molar refractivity (Wildman–Crippen MR) is 110 cm³/mol. The standard InChI is InChI=1S/C21H33ClN2O3/c1-24(2)15-5-3-4-6-16-26-19-13-9-18(10-14-19)23-21(25)27-20-11-7-17(22)8-12-20/h7-8,11-12,18-19H,3-6,9-10,13-16H2,1-2H3,(H,23,25). The largest absolute Gasteiger partial charge is 0.412 e. The van der Waals surface area contributed by atoms with Crippen LogP contribution in [0.2, 0.25) is 5.02 Å². The van der Waals surface area contributed by atoms with Crippen molar-refractivity contribution in [2.45, 2.75) is 63.5 Å². The van der Waals surface area contributed by atoms with Crippen LogP contribution in [0, 0.1) is 0 Å². The Morgan fingerprint density at radius 1 is 1.07 bits per heavy atom. The molecule has 152 valence electrons. The molecule has 1 aromatic carbocycles. The Morgan fingerprint density at radius 3 is 2.41 bits per heavy atom. The molecular formula is C21H33ClN2O3. The van der Waals surface area contributed by atoms with Gasteiger partial charge in [0.1, 0.15) is 5.75 Å². The summed E-state index contributed by atoms with van der Waals surface area (Å²) in [6.45, 7) is 2.02. The van der Waals surface area contributed by atoms with E-state index in [9.17, 15) is 4.79 Å². The summed E-state index contributed by atoms with van der Waals surface area (Å²) in [5.41, 5.74) is 0. The predicted octanol–water partition coefficient (Wildman–Crippen LogP) is 4.88. The summed E-state index contributed by atoms with van der Waals surface area (Å²) < 4.78 is 11.3. The summed E-state index contributed by atoms with van der Waals surface area (Å²) in [4.78, 5) is 14.2. The van der Waals surface area contributed by atoms with Gasteiger partial charge in [0.15, 0.2) is 0 Å². The Hall–Kier alpha value is -1.30. The van der Waals surface area contributed by atoms with Crippen LogP contribution in [-0.4, -0.2) is 50.4 Å². The quantitative estimate of drug-likeness (QED) is 0.573. The van der Waals surface area contributed by atoms with E-state index in [-0.39, 0.29) is 6.04 Å². The number of hydrogen-bond donors (Lipinski definition) is 1. The van der Waals surface area contributed by atoms with Crippen molar-refractivity contribution < 1.29 is 14.3 Å². The molecule has 6 heteroatoms. The van der Waals surface area contributed by atoms with Crippen molar-refractivity contribution in [3.63, 3.8) is 0 Å². The van der Waals surface area contributed by atoms with Gasteiger partial charge in [0, 0.05) is 17.7 Å². The van der Waals surface area contributed by atoms with E-state index in [0.717, 1.165) is 38.7 Å². The zero-order valence-corrected chi connectivity index (χ0v) is 17.3. The maximum Gasteiger partial charge on any atom is 0.412 e. The van der Waals surface area contributed by atoms with E-state index in [2.05, 4.69) is 24.3 Å². The first-order valence-corrected chi connectivity index (χ1v) is 10.4. The zero-order chi connectivity index (χ0) is 19.5. The average Bonchev–Trinajstić information content (AvgIpc) is 2.64. The van der Waals surface area contributed by atoms with E-state index in [4.69, 9.17) is 21.1 Å². The number of carbonyl (C=O) groups excluding carboxylic acids is 1. The average molecular weight is 397 g/mol. The van der Waals surface area contributed by atoms with Crippen LogP contribution in [0.4, 0.5) is 4.79 Å². The number of hydrogen-bond acceptors (Lipinski definition) is 4. The van der Waals surface area contributed by atoms with Gasteiger partial charge in [0.25, 0.3) is 0 Å². The van der Waals surface area contributed by atoms with Crippen LogP contribution in [0.5, 0.6) is 5.75 Å². The van der Waals surface area contributed by atoms with Crippen LogP contribution >= 0.6 is 11.6 Å². The van der Waals surface area contributed by atoms with Crippen molar-refractivity contribution in [1.82, 2.24) is 10.2 Å². The molecule has 27 heavy (non-hydrogen) atoms. The van der Waals surface area contributed by atoms with Gasteiger partial charge < -0.3 is 19.7 Å². The summed E-state index contributed by atoms with van der Waals surface area (Å²) in [6.07, 6.45) is 8.69. The molecule has 1 aliphatic rings. The number of amides is 1. The summed E-state index contributed by atoms with van der Waals surface area (Å²) in [5.74, 6) is 0.500. The smallest absolute Gasteiger partial charge is 0.410 e. The molecule has 0 bridgehead atoms. The molecule has 1 aliphatic carbocycles. The minimum absolute atomic E-state index is 0.163. The van der Waals surface area contributed by atoms with E-state index >= 15 is 0 Å². The molecule has 1 fully saturated rings. The highest BCUT2D eigenvalue weighted by atomic mass is 35.5. The number of benzene rings is 1. The highest BCUT2D eigenvalue weighted by Gasteiger charge is 2.23. The van der Waals surface area contributed by atoms with Gasteiger partial charge >= 0.3 is 6.09 Å². The maximum atomic E-state index is 12.0. The van der Waals surface area contributed by atoms with Gasteiger partial charge in [-0.1, -0.05) is 24.4 Å². The Morgan fingerprint density at radius 2 is 1.74 bits per heavy atom. The van der Waals surface area contributed by atoms with Crippen LogP contribution in [0.3, 0.4) is 0 Å². The van der Waals surface area contributed by atoms with Gasteiger partial charge in [-0.2, -0.15) is 0 Å². The molecule has 0 aliphatic heterocycles. The topological polar surface area (TPSA) is 50.8 Å². The highest BCUT2D eigenvalue weighted by molar-refractivity contribution is 6.30. The first-order valence-electron chi connectivity index (χ1n) is 10.0. The molecule has 5 nitrogen and oxygen atoms in total. The van der Waals surface area contributed by atoms with Gasteiger partial charge in [-0.25, -0.2) is 4.79 Å². The molecule has 1 N–H and O–H groups in total. The fourth-order valence-electron chi connectivity index (χ4n) is 3.31. The van der Waals surface area contributed by atoms with E-state index in [1.54, 1.807) is 24.3 Å². The molecule has 0 saturated heterocycles.